The third kappa shape index (κ3) is 6.95. The largest absolute Gasteiger partial charge is 0.465 e. The number of nitrogens with two attached hydrogens (primary N) is 1. The maximum absolute atomic E-state index is 12.9. The van der Waals surface area contributed by atoms with Gasteiger partial charge in [-0.15, -0.1) is 0 Å². The normalized spacial score (nSPS) is 13.4. The smallest absolute Gasteiger partial charge is 0.418 e. The lowest BCUT2D eigenvalue weighted by atomic mass is 10.1. The Hall–Kier alpha value is -2.52. The molecule has 27 heavy (non-hydrogen) atoms. The Morgan fingerprint density at radius 1 is 1.33 bits per heavy atom. The van der Waals surface area contributed by atoms with Crippen LogP contribution in [-0.4, -0.2) is 22.2 Å². The van der Waals surface area contributed by atoms with Crippen molar-refractivity contribution < 1.29 is 23.1 Å². The monoisotopic (exact) mass is 402 g/mol. The van der Waals surface area contributed by atoms with E-state index in [0.717, 1.165) is 6.07 Å². The molecule has 0 saturated heterocycles. The molecule has 1 aliphatic rings. The number of hydrogen-bond acceptors (Lipinski definition) is 4. The molecule has 0 aliphatic heterocycles. The van der Waals surface area contributed by atoms with Crippen LogP contribution in [0.25, 0.3) is 0 Å². The molecule has 1 aliphatic carbocycles. The van der Waals surface area contributed by atoms with Gasteiger partial charge in [-0.3, -0.25) is 4.98 Å². The van der Waals surface area contributed by atoms with Crippen molar-refractivity contribution in [1.82, 2.24) is 10.3 Å². The minimum atomic E-state index is -4.49. The highest BCUT2D eigenvalue weighted by Crippen LogP contribution is 2.36. The van der Waals surface area contributed by atoms with Crippen LogP contribution in [0.3, 0.4) is 0 Å². The van der Waals surface area contributed by atoms with Crippen LogP contribution >= 0.6 is 11.6 Å². The molecule has 0 spiro atoms. The number of alkyl halides is 3. The van der Waals surface area contributed by atoms with E-state index in [1.165, 1.54) is 43.3 Å². The first-order valence-corrected chi connectivity index (χ1v) is 8.34. The summed E-state index contributed by atoms with van der Waals surface area (Å²) in [4.78, 5) is 14.4. The average Bonchev–Trinajstić information content (AvgIpc) is 3.36. The van der Waals surface area contributed by atoms with Crippen molar-refractivity contribution in [3.05, 3.63) is 52.8 Å². The van der Waals surface area contributed by atoms with Gasteiger partial charge >= 0.3 is 12.3 Å². The fourth-order valence-corrected chi connectivity index (χ4v) is 2.15. The van der Waals surface area contributed by atoms with Crippen LogP contribution in [-0.2, 0) is 12.7 Å². The summed E-state index contributed by atoms with van der Waals surface area (Å²) >= 11 is 5.95. The van der Waals surface area contributed by atoms with Crippen LogP contribution in [0.1, 0.15) is 24.1 Å². The van der Waals surface area contributed by atoms with Crippen molar-refractivity contribution in [2.45, 2.75) is 31.6 Å². The Labute approximate surface area is 158 Å². The first-order chi connectivity index (χ1) is 12.7. The number of pyridine rings is 1. The molecule has 1 heterocycles. The molecule has 0 unspecified atom stereocenters. The summed E-state index contributed by atoms with van der Waals surface area (Å²) < 4.78 is 38.8. The minimum Gasteiger partial charge on any atom is -0.465 e. The van der Waals surface area contributed by atoms with Gasteiger partial charge in [0, 0.05) is 6.04 Å². The average molecular weight is 403 g/mol. The predicted octanol–water partition coefficient (Wildman–Crippen LogP) is 4.37. The van der Waals surface area contributed by atoms with Crippen molar-refractivity contribution >= 4 is 29.1 Å². The molecule has 0 bridgehead atoms. The fourth-order valence-electron chi connectivity index (χ4n) is 1.92. The molecular weight excluding hydrogens is 385 g/mol. The summed E-state index contributed by atoms with van der Waals surface area (Å²) in [5, 5.41) is 13.4. The highest BCUT2D eigenvalue weighted by Gasteiger charge is 2.33. The molecule has 146 valence electrons. The van der Waals surface area contributed by atoms with Crippen molar-refractivity contribution in [3.63, 3.8) is 0 Å². The molecule has 0 atom stereocenters. The molecule has 1 amide bonds. The number of aromatic nitrogens is 1. The molecule has 5 N–H and O–H groups in total. The molecule has 2 aromatic rings. The number of hydrogen-bond donors (Lipinski definition) is 4. The molecule has 1 aromatic heterocycles. The Kier molecular flexibility index (Phi) is 6.86. The summed E-state index contributed by atoms with van der Waals surface area (Å²) in [6, 6.07) is 6.97. The van der Waals surface area contributed by atoms with Gasteiger partial charge in [0.25, 0.3) is 0 Å². The van der Waals surface area contributed by atoms with Crippen molar-refractivity contribution in [1.29, 1.82) is 0 Å². The lowest BCUT2D eigenvalue weighted by molar-refractivity contribution is -0.136. The standard InChI is InChI=1S/C14H11ClF3N3O2.C3H7N/c15-10-5-8(6-19-12(10)7-20-13(22)23)21-11-4-2-1-3-9(11)14(16,17)18;4-3-1-2-3/h1-6,20-21H,7H2,(H,22,23);3H,1-2,4H2. The van der Waals surface area contributed by atoms with Gasteiger partial charge in [-0.05, 0) is 31.0 Å². The van der Waals surface area contributed by atoms with Crippen molar-refractivity contribution in [3.8, 4) is 0 Å². The lowest BCUT2D eigenvalue weighted by Crippen LogP contribution is -2.20. The van der Waals surface area contributed by atoms with Gasteiger partial charge in [0.2, 0.25) is 0 Å². The van der Waals surface area contributed by atoms with Crippen LogP contribution in [0, 0.1) is 0 Å². The predicted molar refractivity (Wildman–Crippen MR) is 96.0 cm³/mol. The van der Waals surface area contributed by atoms with Gasteiger partial charge in [0.05, 0.1) is 40.4 Å². The summed E-state index contributed by atoms with van der Waals surface area (Å²) in [6.45, 7) is -0.104. The number of para-hydroxylation sites is 1. The molecule has 6 nitrogen and oxygen atoms in total. The second kappa shape index (κ2) is 8.92. The number of benzene rings is 1. The van der Waals surface area contributed by atoms with Gasteiger partial charge < -0.3 is 21.5 Å². The fraction of sp³-hybridized carbons (Fsp3) is 0.294. The van der Waals surface area contributed by atoms with E-state index in [9.17, 15) is 18.0 Å². The first-order valence-electron chi connectivity index (χ1n) is 7.97. The maximum atomic E-state index is 12.9. The highest BCUT2D eigenvalue weighted by molar-refractivity contribution is 6.31. The number of rotatable bonds is 4. The number of anilines is 2. The summed E-state index contributed by atoms with van der Waals surface area (Å²) in [7, 11) is 0. The van der Waals surface area contributed by atoms with E-state index in [-0.39, 0.29) is 28.6 Å². The summed E-state index contributed by atoms with van der Waals surface area (Å²) in [5.41, 5.74) is 4.80. The maximum Gasteiger partial charge on any atom is 0.418 e. The zero-order chi connectivity index (χ0) is 20.0. The van der Waals surface area contributed by atoms with E-state index in [1.54, 1.807) is 0 Å². The van der Waals surface area contributed by atoms with E-state index < -0.39 is 17.8 Å². The van der Waals surface area contributed by atoms with Gasteiger partial charge in [-0.2, -0.15) is 13.2 Å². The number of amides is 1. The van der Waals surface area contributed by atoms with E-state index in [2.05, 4.69) is 15.6 Å². The Morgan fingerprint density at radius 3 is 2.48 bits per heavy atom. The molecule has 10 heteroatoms. The third-order valence-corrected chi connectivity index (χ3v) is 3.79. The van der Waals surface area contributed by atoms with Gasteiger partial charge in [0.15, 0.2) is 0 Å². The summed E-state index contributed by atoms with van der Waals surface area (Å²) in [5.74, 6) is 0. The summed E-state index contributed by atoms with van der Waals surface area (Å²) in [6.07, 6.45) is -1.92. The number of carboxylic acid groups (broad SMARTS) is 1. The number of nitrogens with one attached hydrogen (secondary N) is 2. The minimum absolute atomic E-state index is 0.104. The van der Waals surface area contributed by atoms with E-state index in [1.807, 2.05) is 0 Å². The van der Waals surface area contributed by atoms with Crippen LogP contribution in [0.4, 0.5) is 29.3 Å². The lowest BCUT2D eigenvalue weighted by Gasteiger charge is -2.14. The molecule has 1 aromatic carbocycles. The van der Waals surface area contributed by atoms with Crippen LogP contribution in [0.5, 0.6) is 0 Å². The zero-order valence-electron chi connectivity index (χ0n) is 14.1. The highest BCUT2D eigenvalue weighted by atomic mass is 35.5. The van der Waals surface area contributed by atoms with E-state index in [0.29, 0.717) is 6.04 Å². The topological polar surface area (TPSA) is 100 Å². The SMILES string of the molecule is NC1CC1.O=C(O)NCc1ncc(Nc2ccccc2C(F)(F)F)cc1Cl. The van der Waals surface area contributed by atoms with Crippen molar-refractivity contribution in [2.24, 2.45) is 5.73 Å². The van der Waals surface area contributed by atoms with Gasteiger partial charge in [-0.1, -0.05) is 23.7 Å². The first kappa shape index (κ1) is 20.8. The second-order valence-electron chi connectivity index (χ2n) is 5.82. The second-order valence-corrected chi connectivity index (χ2v) is 6.22. The van der Waals surface area contributed by atoms with E-state index in [4.69, 9.17) is 22.4 Å². The van der Waals surface area contributed by atoms with Crippen molar-refractivity contribution in [2.75, 3.05) is 5.32 Å². The van der Waals surface area contributed by atoms with Gasteiger partial charge in [0.1, 0.15) is 0 Å². The van der Waals surface area contributed by atoms with E-state index >= 15 is 0 Å². The number of carbonyl (C=O) groups is 1. The molecular formula is C17H18ClF3N4O2. The molecule has 1 fully saturated rings. The Bertz CT molecular complexity index is 798. The Morgan fingerprint density at radius 2 is 1.96 bits per heavy atom. The molecule has 1 saturated carbocycles. The quantitative estimate of drug-likeness (QED) is 0.608. The van der Waals surface area contributed by atoms with Crippen LogP contribution in [0.2, 0.25) is 5.02 Å². The van der Waals surface area contributed by atoms with Gasteiger partial charge in [-0.25, -0.2) is 4.79 Å². The molecule has 3 rings (SSSR count). The third-order valence-electron chi connectivity index (χ3n) is 3.46. The Balaban J connectivity index is 0.000000576. The number of halogens is 4. The van der Waals surface area contributed by atoms with Crippen LogP contribution < -0.4 is 16.4 Å². The number of nitrogens with zero attached hydrogens (tertiary/aromatic N) is 1. The zero-order valence-corrected chi connectivity index (χ0v) is 14.8. The van der Waals surface area contributed by atoms with Crippen LogP contribution in [0.15, 0.2) is 36.5 Å². The molecule has 0 radical (unpaired) electrons.